The van der Waals surface area contributed by atoms with Gasteiger partial charge in [-0.05, 0) is 24.2 Å². The van der Waals surface area contributed by atoms with Gasteiger partial charge in [-0.25, -0.2) is 4.68 Å². The average molecular weight is 202 g/mol. The van der Waals surface area contributed by atoms with E-state index in [0.717, 1.165) is 18.8 Å². The molecule has 1 N–H and O–H groups in total. The SMILES string of the molecule is CCNCc1cncc(-n2cccn2)c1. The second-order valence-electron chi connectivity index (χ2n) is 3.28. The molecule has 2 aromatic heterocycles. The Morgan fingerprint density at radius 3 is 3.07 bits per heavy atom. The highest BCUT2D eigenvalue weighted by Gasteiger charge is 1.98. The van der Waals surface area contributed by atoms with Gasteiger partial charge >= 0.3 is 0 Å². The molecule has 0 amide bonds. The minimum Gasteiger partial charge on any atom is -0.313 e. The zero-order valence-electron chi connectivity index (χ0n) is 8.72. The quantitative estimate of drug-likeness (QED) is 0.814. The van der Waals surface area contributed by atoms with E-state index in [4.69, 9.17) is 0 Å². The van der Waals surface area contributed by atoms with Crippen molar-refractivity contribution in [3.63, 3.8) is 0 Å². The molecule has 2 rings (SSSR count). The third-order valence-corrected chi connectivity index (χ3v) is 2.13. The van der Waals surface area contributed by atoms with Crippen molar-refractivity contribution in [2.45, 2.75) is 13.5 Å². The number of hydrogen-bond acceptors (Lipinski definition) is 3. The zero-order valence-corrected chi connectivity index (χ0v) is 8.72. The lowest BCUT2D eigenvalue weighted by molar-refractivity contribution is 0.722. The molecular weight excluding hydrogens is 188 g/mol. The third-order valence-electron chi connectivity index (χ3n) is 2.13. The lowest BCUT2D eigenvalue weighted by atomic mass is 10.2. The van der Waals surface area contributed by atoms with Gasteiger partial charge in [0.15, 0.2) is 0 Å². The Morgan fingerprint density at radius 2 is 2.33 bits per heavy atom. The van der Waals surface area contributed by atoms with Crippen molar-refractivity contribution in [3.05, 3.63) is 42.5 Å². The maximum absolute atomic E-state index is 4.19. The Morgan fingerprint density at radius 1 is 1.40 bits per heavy atom. The summed E-state index contributed by atoms with van der Waals surface area (Å²) >= 11 is 0. The molecule has 0 saturated carbocycles. The molecule has 0 spiro atoms. The van der Waals surface area contributed by atoms with Crippen molar-refractivity contribution in [1.29, 1.82) is 0 Å². The smallest absolute Gasteiger partial charge is 0.0831 e. The van der Waals surface area contributed by atoms with Crippen molar-refractivity contribution >= 4 is 0 Å². The van der Waals surface area contributed by atoms with Crippen LogP contribution in [0.15, 0.2) is 36.9 Å². The standard InChI is InChI=1S/C11H14N4/c1-2-12-7-10-6-11(9-13-8-10)15-5-3-4-14-15/h3-6,8-9,12H,2,7H2,1H3. The molecule has 0 radical (unpaired) electrons. The zero-order chi connectivity index (χ0) is 10.5. The highest BCUT2D eigenvalue weighted by molar-refractivity contribution is 5.30. The number of aromatic nitrogens is 3. The molecule has 4 nitrogen and oxygen atoms in total. The van der Waals surface area contributed by atoms with E-state index in [2.05, 4.69) is 28.4 Å². The van der Waals surface area contributed by atoms with Gasteiger partial charge in [-0.15, -0.1) is 0 Å². The molecule has 0 aromatic carbocycles. The Bertz CT molecular complexity index is 408. The number of nitrogens with one attached hydrogen (secondary N) is 1. The van der Waals surface area contributed by atoms with Crippen molar-refractivity contribution in [3.8, 4) is 5.69 Å². The Labute approximate surface area is 89.0 Å². The van der Waals surface area contributed by atoms with Gasteiger partial charge in [0.25, 0.3) is 0 Å². The highest BCUT2D eigenvalue weighted by Crippen LogP contribution is 2.06. The molecule has 0 aliphatic heterocycles. The number of nitrogens with zero attached hydrogens (tertiary/aromatic N) is 3. The summed E-state index contributed by atoms with van der Waals surface area (Å²) in [6.45, 7) is 3.90. The largest absolute Gasteiger partial charge is 0.313 e. The molecule has 0 fully saturated rings. The van der Waals surface area contributed by atoms with E-state index in [1.54, 1.807) is 6.20 Å². The van der Waals surface area contributed by atoms with Crippen LogP contribution in [0.5, 0.6) is 0 Å². The van der Waals surface area contributed by atoms with Gasteiger partial charge < -0.3 is 5.32 Å². The topological polar surface area (TPSA) is 42.7 Å². The third kappa shape index (κ3) is 2.41. The maximum Gasteiger partial charge on any atom is 0.0831 e. The first-order valence-electron chi connectivity index (χ1n) is 5.05. The summed E-state index contributed by atoms with van der Waals surface area (Å²) in [6.07, 6.45) is 7.35. The van der Waals surface area contributed by atoms with Crippen LogP contribution in [0.1, 0.15) is 12.5 Å². The van der Waals surface area contributed by atoms with Gasteiger partial charge in [-0.3, -0.25) is 4.98 Å². The van der Waals surface area contributed by atoms with Gasteiger partial charge in [0.1, 0.15) is 0 Å². The van der Waals surface area contributed by atoms with E-state index >= 15 is 0 Å². The van der Waals surface area contributed by atoms with Gasteiger partial charge in [-0.2, -0.15) is 5.10 Å². The monoisotopic (exact) mass is 202 g/mol. The van der Waals surface area contributed by atoms with Crippen molar-refractivity contribution in [2.24, 2.45) is 0 Å². The molecule has 0 aliphatic carbocycles. The molecule has 0 unspecified atom stereocenters. The normalized spacial score (nSPS) is 10.5. The lowest BCUT2D eigenvalue weighted by Crippen LogP contribution is -2.12. The first-order chi connectivity index (χ1) is 7.40. The Hall–Kier alpha value is -1.68. The molecule has 78 valence electrons. The molecule has 0 bridgehead atoms. The van der Waals surface area contributed by atoms with Crippen LogP contribution in [0.25, 0.3) is 5.69 Å². The first kappa shape index (κ1) is 9.86. The van der Waals surface area contributed by atoms with E-state index in [1.807, 2.05) is 29.3 Å². The lowest BCUT2D eigenvalue weighted by Gasteiger charge is -2.04. The highest BCUT2D eigenvalue weighted by atomic mass is 15.3. The fraction of sp³-hybridized carbons (Fsp3) is 0.273. The summed E-state index contributed by atoms with van der Waals surface area (Å²) in [7, 11) is 0. The van der Waals surface area contributed by atoms with Crippen LogP contribution in [-0.4, -0.2) is 21.3 Å². The minimum atomic E-state index is 0.846. The van der Waals surface area contributed by atoms with E-state index in [0.29, 0.717) is 0 Å². The summed E-state index contributed by atoms with van der Waals surface area (Å²) in [5.74, 6) is 0. The molecule has 0 saturated heterocycles. The first-order valence-corrected chi connectivity index (χ1v) is 5.05. The van der Waals surface area contributed by atoms with Crippen LogP contribution in [0, 0.1) is 0 Å². The second kappa shape index (κ2) is 4.70. The van der Waals surface area contributed by atoms with Crippen LogP contribution in [0.4, 0.5) is 0 Å². The molecule has 4 heteroatoms. The molecule has 0 aliphatic rings. The minimum absolute atomic E-state index is 0.846. The maximum atomic E-state index is 4.19. The van der Waals surface area contributed by atoms with E-state index in [1.165, 1.54) is 5.56 Å². The summed E-state index contributed by atoms with van der Waals surface area (Å²) < 4.78 is 1.81. The molecule has 0 atom stereocenters. The number of hydrogen-bond donors (Lipinski definition) is 1. The fourth-order valence-corrected chi connectivity index (χ4v) is 1.39. The van der Waals surface area contributed by atoms with Crippen molar-refractivity contribution < 1.29 is 0 Å². The molecule has 15 heavy (non-hydrogen) atoms. The fourth-order valence-electron chi connectivity index (χ4n) is 1.39. The summed E-state index contributed by atoms with van der Waals surface area (Å²) in [5.41, 5.74) is 2.17. The molecule has 2 aromatic rings. The number of rotatable bonds is 4. The predicted octanol–water partition coefficient (Wildman–Crippen LogP) is 1.38. The van der Waals surface area contributed by atoms with Gasteiger partial charge in [0.05, 0.1) is 11.9 Å². The van der Waals surface area contributed by atoms with Crippen LogP contribution in [0.3, 0.4) is 0 Å². The van der Waals surface area contributed by atoms with Crippen LogP contribution in [-0.2, 0) is 6.54 Å². The van der Waals surface area contributed by atoms with Crippen LogP contribution < -0.4 is 5.32 Å². The van der Waals surface area contributed by atoms with Crippen LogP contribution >= 0.6 is 0 Å². The Kier molecular flexibility index (Phi) is 3.09. The second-order valence-corrected chi connectivity index (χ2v) is 3.28. The average Bonchev–Trinajstić information content (AvgIpc) is 2.80. The molecule has 2 heterocycles. The molecular formula is C11H14N4. The van der Waals surface area contributed by atoms with E-state index in [9.17, 15) is 0 Å². The summed E-state index contributed by atoms with van der Waals surface area (Å²) in [4.78, 5) is 4.19. The van der Waals surface area contributed by atoms with Gasteiger partial charge in [-0.1, -0.05) is 6.92 Å². The van der Waals surface area contributed by atoms with E-state index < -0.39 is 0 Å². The summed E-state index contributed by atoms with van der Waals surface area (Å²) in [5, 5.41) is 7.43. The predicted molar refractivity (Wildman–Crippen MR) is 58.7 cm³/mol. The van der Waals surface area contributed by atoms with E-state index in [-0.39, 0.29) is 0 Å². The van der Waals surface area contributed by atoms with Gasteiger partial charge in [0, 0.05) is 25.1 Å². The Balaban J connectivity index is 2.19. The summed E-state index contributed by atoms with van der Waals surface area (Å²) in [6, 6.07) is 3.99. The van der Waals surface area contributed by atoms with Gasteiger partial charge in [0.2, 0.25) is 0 Å². The van der Waals surface area contributed by atoms with Crippen molar-refractivity contribution in [1.82, 2.24) is 20.1 Å². The van der Waals surface area contributed by atoms with Crippen molar-refractivity contribution in [2.75, 3.05) is 6.54 Å². The number of pyridine rings is 1. The van der Waals surface area contributed by atoms with Crippen LogP contribution in [0.2, 0.25) is 0 Å².